The molecule has 0 bridgehead atoms. The van der Waals surface area contributed by atoms with Gasteiger partial charge in [-0.3, -0.25) is 0 Å². The zero-order valence-electron chi connectivity index (χ0n) is 17.7. The quantitative estimate of drug-likeness (QED) is 0.279. The second kappa shape index (κ2) is 7.11. The first-order valence-electron chi connectivity index (χ1n) is 10.5. The fourth-order valence-electron chi connectivity index (χ4n) is 4.21. The van der Waals surface area contributed by atoms with Gasteiger partial charge >= 0.3 is 0 Å². The molecule has 0 amide bonds. The molecule has 0 spiro atoms. The Labute approximate surface area is 178 Å². The van der Waals surface area contributed by atoms with Gasteiger partial charge in [0, 0.05) is 17.0 Å². The van der Waals surface area contributed by atoms with E-state index in [1.807, 2.05) is 6.20 Å². The summed E-state index contributed by atoms with van der Waals surface area (Å²) in [6.07, 6.45) is 2.05. The molecule has 0 atom stereocenters. The molecule has 0 saturated heterocycles. The molecule has 1 N–H and O–H groups in total. The number of aromatic amines is 1. The molecule has 0 aliphatic heterocycles. The molecule has 146 valence electrons. The molecule has 1 heterocycles. The smallest absolute Gasteiger partial charge is 0.211 e. The van der Waals surface area contributed by atoms with Gasteiger partial charge in [0.2, 0.25) is 5.69 Å². The zero-order chi connectivity index (χ0) is 20.7. The summed E-state index contributed by atoms with van der Waals surface area (Å²) in [6.45, 7) is 6.78. The van der Waals surface area contributed by atoms with Crippen LogP contribution in [0.2, 0.25) is 0 Å². The highest BCUT2D eigenvalue weighted by atomic mass is 14.7. The standard InChI is InChI=1S/C29H25N/c1-29(2,3)24-9-6-8-23(19-24)20-11-13-22(14-12-20)28-27-16-15-21-7-4-5-10-25(21)26(27)17-18-30-28/h4-19H,1-3H3/p+1. The molecule has 0 fully saturated rings. The van der Waals surface area contributed by atoms with E-state index in [1.54, 1.807) is 0 Å². The molecule has 4 aromatic carbocycles. The van der Waals surface area contributed by atoms with E-state index in [-0.39, 0.29) is 5.41 Å². The van der Waals surface area contributed by atoms with Gasteiger partial charge in [-0.2, -0.15) is 0 Å². The molecule has 5 aromatic rings. The molecule has 0 saturated carbocycles. The van der Waals surface area contributed by atoms with E-state index in [4.69, 9.17) is 0 Å². The van der Waals surface area contributed by atoms with Crippen LogP contribution < -0.4 is 4.98 Å². The van der Waals surface area contributed by atoms with Gasteiger partial charge in [0.05, 0.1) is 5.39 Å². The third-order valence-electron chi connectivity index (χ3n) is 5.95. The Bertz CT molecular complexity index is 1360. The first-order valence-corrected chi connectivity index (χ1v) is 10.5. The van der Waals surface area contributed by atoms with Crippen molar-refractivity contribution in [3.05, 3.63) is 103 Å². The molecule has 0 aliphatic carbocycles. The summed E-state index contributed by atoms with van der Waals surface area (Å²) in [6, 6.07) is 33.0. The van der Waals surface area contributed by atoms with Crippen molar-refractivity contribution in [2.24, 2.45) is 0 Å². The topological polar surface area (TPSA) is 14.1 Å². The first-order chi connectivity index (χ1) is 14.5. The SMILES string of the molecule is CC(C)(C)c1cccc(-c2ccc(-c3[nH+]ccc4c3ccc3ccccc34)cc2)c1. The molecular weight excluding hydrogens is 362 g/mol. The van der Waals surface area contributed by atoms with Crippen LogP contribution in [0.15, 0.2) is 97.2 Å². The normalized spacial score (nSPS) is 11.8. The van der Waals surface area contributed by atoms with Crippen LogP contribution in [0.4, 0.5) is 0 Å². The predicted molar refractivity (Wildman–Crippen MR) is 128 cm³/mol. The van der Waals surface area contributed by atoms with Crippen molar-refractivity contribution in [1.82, 2.24) is 0 Å². The van der Waals surface area contributed by atoms with Crippen molar-refractivity contribution in [3.8, 4) is 22.4 Å². The lowest BCUT2D eigenvalue weighted by Gasteiger charge is -2.19. The second-order valence-corrected chi connectivity index (χ2v) is 9.01. The Kier molecular flexibility index (Phi) is 4.40. The van der Waals surface area contributed by atoms with Gasteiger partial charge < -0.3 is 0 Å². The summed E-state index contributed by atoms with van der Waals surface area (Å²) in [5.41, 5.74) is 6.38. The summed E-state index contributed by atoms with van der Waals surface area (Å²) < 4.78 is 0. The summed E-state index contributed by atoms with van der Waals surface area (Å²) in [7, 11) is 0. The van der Waals surface area contributed by atoms with Crippen LogP contribution in [-0.4, -0.2) is 0 Å². The van der Waals surface area contributed by atoms with Gasteiger partial charge in [-0.25, -0.2) is 4.98 Å². The van der Waals surface area contributed by atoms with E-state index in [2.05, 4.69) is 117 Å². The number of hydrogen-bond acceptors (Lipinski definition) is 0. The van der Waals surface area contributed by atoms with Crippen LogP contribution in [-0.2, 0) is 5.41 Å². The molecule has 1 heteroatoms. The maximum absolute atomic E-state index is 3.48. The van der Waals surface area contributed by atoms with Gasteiger partial charge in [0.1, 0.15) is 0 Å². The number of nitrogens with one attached hydrogen (secondary N) is 1. The Balaban J connectivity index is 1.58. The Morgan fingerprint density at radius 2 is 1.33 bits per heavy atom. The number of hydrogen-bond donors (Lipinski definition) is 0. The Morgan fingerprint density at radius 3 is 2.13 bits per heavy atom. The summed E-state index contributed by atoms with van der Waals surface area (Å²) >= 11 is 0. The lowest BCUT2D eigenvalue weighted by Crippen LogP contribution is -2.10. The van der Waals surface area contributed by atoms with E-state index >= 15 is 0 Å². The minimum absolute atomic E-state index is 0.149. The summed E-state index contributed by atoms with van der Waals surface area (Å²) in [4.78, 5) is 3.48. The van der Waals surface area contributed by atoms with Gasteiger partial charge in [-0.15, -0.1) is 0 Å². The highest BCUT2D eigenvalue weighted by Crippen LogP contribution is 2.32. The highest BCUT2D eigenvalue weighted by Gasteiger charge is 2.15. The van der Waals surface area contributed by atoms with E-state index in [0.29, 0.717) is 0 Å². The van der Waals surface area contributed by atoms with Crippen molar-refractivity contribution in [1.29, 1.82) is 0 Å². The number of pyridine rings is 1. The summed E-state index contributed by atoms with van der Waals surface area (Å²) in [5, 5.41) is 5.10. The van der Waals surface area contributed by atoms with Crippen LogP contribution >= 0.6 is 0 Å². The molecule has 0 aliphatic rings. The van der Waals surface area contributed by atoms with Gasteiger partial charge in [-0.1, -0.05) is 87.5 Å². The van der Waals surface area contributed by atoms with Crippen molar-refractivity contribution in [2.45, 2.75) is 26.2 Å². The number of rotatable bonds is 2. The average molecular weight is 389 g/mol. The summed E-state index contributed by atoms with van der Waals surface area (Å²) in [5.74, 6) is 0. The van der Waals surface area contributed by atoms with Crippen LogP contribution in [0.1, 0.15) is 26.3 Å². The van der Waals surface area contributed by atoms with Crippen LogP contribution in [0.3, 0.4) is 0 Å². The van der Waals surface area contributed by atoms with E-state index in [1.165, 1.54) is 43.8 Å². The minimum atomic E-state index is 0.149. The lowest BCUT2D eigenvalue weighted by molar-refractivity contribution is -0.362. The zero-order valence-corrected chi connectivity index (χ0v) is 17.7. The molecule has 0 radical (unpaired) electrons. The van der Waals surface area contributed by atoms with Crippen molar-refractivity contribution in [3.63, 3.8) is 0 Å². The minimum Gasteiger partial charge on any atom is -0.211 e. The number of H-pyrrole nitrogens is 1. The lowest BCUT2D eigenvalue weighted by atomic mass is 9.85. The third kappa shape index (κ3) is 3.27. The van der Waals surface area contributed by atoms with Crippen molar-refractivity contribution >= 4 is 21.5 Å². The number of fused-ring (bicyclic) bond motifs is 3. The fourth-order valence-corrected chi connectivity index (χ4v) is 4.21. The largest absolute Gasteiger partial charge is 0.218 e. The van der Waals surface area contributed by atoms with Crippen LogP contribution in [0.5, 0.6) is 0 Å². The Morgan fingerprint density at radius 1 is 0.567 bits per heavy atom. The van der Waals surface area contributed by atoms with Crippen LogP contribution in [0, 0.1) is 0 Å². The molecule has 1 nitrogen and oxygen atoms in total. The third-order valence-corrected chi connectivity index (χ3v) is 5.95. The van der Waals surface area contributed by atoms with E-state index < -0.39 is 0 Å². The highest BCUT2D eigenvalue weighted by molar-refractivity contribution is 6.10. The molecule has 0 unspecified atom stereocenters. The van der Waals surface area contributed by atoms with Crippen molar-refractivity contribution < 1.29 is 4.98 Å². The molecule has 5 rings (SSSR count). The fraction of sp³-hybridized carbons (Fsp3) is 0.138. The number of benzene rings is 4. The second-order valence-electron chi connectivity index (χ2n) is 9.01. The van der Waals surface area contributed by atoms with E-state index in [0.717, 1.165) is 5.69 Å². The van der Waals surface area contributed by atoms with Gasteiger partial charge in [0.15, 0.2) is 6.20 Å². The maximum atomic E-state index is 3.48. The number of aromatic nitrogens is 1. The van der Waals surface area contributed by atoms with E-state index in [9.17, 15) is 0 Å². The predicted octanol–water partition coefficient (Wildman–Crippen LogP) is 7.44. The molecule has 30 heavy (non-hydrogen) atoms. The molecule has 1 aromatic heterocycles. The van der Waals surface area contributed by atoms with Gasteiger partial charge in [-0.05, 0) is 51.1 Å². The molecular formula is C29H26N+. The van der Waals surface area contributed by atoms with Gasteiger partial charge in [0.25, 0.3) is 0 Å². The first kappa shape index (κ1) is 18.6. The maximum Gasteiger partial charge on any atom is 0.218 e. The average Bonchev–Trinajstić information content (AvgIpc) is 2.78. The Hall–Kier alpha value is -3.45. The monoisotopic (exact) mass is 388 g/mol. The van der Waals surface area contributed by atoms with Crippen molar-refractivity contribution in [2.75, 3.05) is 0 Å². The van der Waals surface area contributed by atoms with Crippen LogP contribution in [0.25, 0.3) is 43.9 Å².